The van der Waals surface area contributed by atoms with Crippen LogP contribution in [0.3, 0.4) is 0 Å². The fraction of sp³-hybridized carbons (Fsp3) is 0.591. The third-order valence-corrected chi connectivity index (χ3v) is 5.73. The summed E-state index contributed by atoms with van der Waals surface area (Å²) in [4.78, 5) is 15.3. The van der Waals surface area contributed by atoms with Gasteiger partial charge in [-0.05, 0) is 51.5 Å². The molecule has 2 nitrogen and oxygen atoms in total. The molecule has 2 bridgehead atoms. The number of piperidine rings is 2. The first kappa shape index (κ1) is 17.4. The Bertz CT molecular complexity index is 559. The second-order valence-corrected chi connectivity index (χ2v) is 7.85. The van der Waals surface area contributed by atoms with Crippen LogP contribution in [0.1, 0.15) is 64.4 Å². The zero-order valence-electron chi connectivity index (χ0n) is 15.2. The largest absolute Gasteiger partial charge is 0.299 e. The lowest BCUT2D eigenvalue weighted by molar-refractivity contribution is -0.127. The number of carbonyl (C=O) groups is 1. The number of allylic oxidation sites excluding steroid dienone is 2. The minimum absolute atomic E-state index is 0.304. The summed E-state index contributed by atoms with van der Waals surface area (Å²) in [5.41, 5.74) is 2.72. The molecule has 24 heavy (non-hydrogen) atoms. The van der Waals surface area contributed by atoms with Gasteiger partial charge in [0.15, 0.2) is 0 Å². The number of ketones is 1. The quantitative estimate of drug-likeness (QED) is 0.675. The summed E-state index contributed by atoms with van der Waals surface area (Å²) in [7, 11) is 0. The van der Waals surface area contributed by atoms with E-state index in [-0.39, 0.29) is 0 Å². The van der Waals surface area contributed by atoms with Gasteiger partial charge in [0.2, 0.25) is 0 Å². The Balaban J connectivity index is 1.60. The van der Waals surface area contributed by atoms with Crippen LogP contribution in [0.15, 0.2) is 42.0 Å². The molecule has 1 aromatic rings. The molecular weight excluding hydrogens is 294 g/mol. The zero-order chi connectivity index (χ0) is 16.9. The van der Waals surface area contributed by atoms with Crippen LogP contribution >= 0.6 is 0 Å². The number of fused-ring (bicyclic) bond motifs is 2. The van der Waals surface area contributed by atoms with Crippen molar-refractivity contribution < 1.29 is 4.79 Å². The average Bonchev–Trinajstić information content (AvgIpc) is 2.55. The number of rotatable bonds is 6. The summed E-state index contributed by atoms with van der Waals surface area (Å²) < 4.78 is 0. The van der Waals surface area contributed by atoms with Crippen LogP contribution in [0, 0.1) is 5.92 Å². The van der Waals surface area contributed by atoms with Crippen LogP contribution in [-0.2, 0) is 11.3 Å². The SMILES string of the molecule is CC(C)=CCCC(=O)C1CC2CCCC(C1)N2Cc1ccccc1. The van der Waals surface area contributed by atoms with E-state index in [2.05, 4.69) is 55.2 Å². The molecule has 2 aliphatic rings. The highest BCUT2D eigenvalue weighted by Crippen LogP contribution is 2.38. The molecule has 2 heteroatoms. The maximum atomic E-state index is 12.6. The van der Waals surface area contributed by atoms with Crippen LogP contribution < -0.4 is 0 Å². The third kappa shape index (κ3) is 4.36. The number of hydrogen-bond acceptors (Lipinski definition) is 2. The number of benzene rings is 1. The first-order valence-electron chi connectivity index (χ1n) is 9.59. The fourth-order valence-electron chi connectivity index (χ4n) is 4.50. The minimum atomic E-state index is 0.304. The van der Waals surface area contributed by atoms with E-state index in [1.165, 1.54) is 30.4 Å². The molecule has 2 heterocycles. The van der Waals surface area contributed by atoms with E-state index in [9.17, 15) is 4.79 Å². The molecule has 1 aromatic carbocycles. The van der Waals surface area contributed by atoms with Crippen molar-refractivity contribution in [3.63, 3.8) is 0 Å². The minimum Gasteiger partial charge on any atom is -0.299 e. The van der Waals surface area contributed by atoms with E-state index >= 15 is 0 Å². The highest BCUT2D eigenvalue weighted by Gasteiger charge is 2.39. The molecule has 130 valence electrons. The van der Waals surface area contributed by atoms with E-state index in [0.717, 1.165) is 32.2 Å². The molecule has 0 aliphatic carbocycles. The smallest absolute Gasteiger partial charge is 0.136 e. The van der Waals surface area contributed by atoms with Crippen LogP contribution in [0.5, 0.6) is 0 Å². The molecule has 0 saturated carbocycles. The van der Waals surface area contributed by atoms with Crippen molar-refractivity contribution in [1.29, 1.82) is 0 Å². The van der Waals surface area contributed by atoms with Crippen molar-refractivity contribution in [2.45, 2.75) is 77.4 Å². The molecule has 0 radical (unpaired) electrons. The standard InChI is InChI=1S/C22H31NO/c1-17(2)8-6-13-22(24)19-14-20-11-7-12-21(15-19)23(20)16-18-9-4-3-5-10-18/h3-5,8-10,19-21H,6-7,11-16H2,1-2H3. The van der Waals surface area contributed by atoms with Gasteiger partial charge in [-0.3, -0.25) is 9.69 Å². The van der Waals surface area contributed by atoms with Gasteiger partial charge >= 0.3 is 0 Å². The average molecular weight is 325 g/mol. The second-order valence-electron chi connectivity index (χ2n) is 7.85. The van der Waals surface area contributed by atoms with E-state index in [4.69, 9.17) is 0 Å². The van der Waals surface area contributed by atoms with E-state index in [1.54, 1.807) is 0 Å². The lowest BCUT2D eigenvalue weighted by Gasteiger charge is -2.48. The number of nitrogens with zero attached hydrogens (tertiary/aromatic N) is 1. The molecule has 2 atom stereocenters. The maximum Gasteiger partial charge on any atom is 0.136 e. The Labute approximate surface area is 146 Å². The van der Waals surface area contributed by atoms with Crippen LogP contribution in [0.4, 0.5) is 0 Å². The van der Waals surface area contributed by atoms with Gasteiger partial charge in [0.25, 0.3) is 0 Å². The Morgan fingerprint density at radius 2 is 1.79 bits per heavy atom. The maximum absolute atomic E-state index is 12.6. The van der Waals surface area contributed by atoms with Gasteiger partial charge in [0.05, 0.1) is 0 Å². The molecule has 0 aromatic heterocycles. The van der Waals surface area contributed by atoms with Crippen molar-refractivity contribution in [2.24, 2.45) is 5.92 Å². The summed E-state index contributed by atoms with van der Waals surface area (Å²) in [5, 5.41) is 0. The summed E-state index contributed by atoms with van der Waals surface area (Å²) in [6.07, 6.45) is 9.87. The molecule has 0 amide bonds. The summed E-state index contributed by atoms with van der Waals surface area (Å²) >= 11 is 0. The molecule has 2 unspecified atom stereocenters. The van der Waals surface area contributed by atoms with Gasteiger partial charge in [-0.1, -0.05) is 48.4 Å². The molecule has 2 fully saturated rings. The number of Topliss-reactive ketones (excluding diaryl/α,β-unsaturated/α-hetero) is 1. The Morgan fingerprint density at radius 3 is 2.42 bits per heavy atom. The number of hydrogen-bond donors (Lipinski definition) is 0. The van der Waals surface area contributed by atoms with Crippen molar-refractivity contribution in [3.8, 4) is 0 Å². The van der Waals surface area contributed by atoms with Crippen molar-refractivity contribution in [3.05, 3.63) is 47.5 Å². The highest BCUT2D eigenvalue weighted by molar-refractivity contribution is 5.81. The topological polar surface area (TPSA) is 20.3 Å². The fourth-order valence-corrected chi connectivity index (χ4v) is 4.50. The van der Waals surface area contributed by atoms with Gasteiger partial charge in [0.1, 0.15) is 5.78 Å². The van der Waals surface area contributed by atoms with Crippen LogP contribution in [-0.4, -0.2) is 22.8 Å². The Hall–Kier alpha value is -1.41. The van der Waals surface area contributed by atoms with E-state index in [0.29, 0.717) is 23.8 Å². The highest BCUT2D eigenvalue weighted by atomic mass is 16.1. The Kier molecular flexibility index (Phi) is 5.89. The molecule has 2 saturated heterocycles. The third-order valence-electron chi connectivity index (χ3n) is 5.73. The molecular formula is C22H31NO. The molecule has 0 spiro atoms. The van der Waals surface area contributed by atoms with Crippen LogP contribution in [0.2, 0.25) is 0 Å². The van der Waals surface area contributed by atoms with Gasteiger partial charge in [-0.2, -0.15) is 0 Å². The first-order valence-corrected chi connectivity index (χ1v) is 9.59. The van der Waals surface area contributed by atoms with Gasteiger partial charge in [-0.15, -0.1) is 0 Å². The molecule has 3 rings (SSSR count). The van der Waals surface area contributed by atoms with Gasteiger partial charge in [0, 0.05) is 31.0 Å². The molecule has 2 aliphatic heterocycles. The van der Waals surface area contributed by atoms with E-state index in [1.807, 2.05) is 0 Å². The summed E-state index contributed by atoms with van der Waals surface area (Å²) in [6.45, 7) is 5.27. The zero-order valence-corrected chi connectivity index (χ0v) is 15.2. The van der Waals surface area contributed by atoms with Crippen LogP contribution in [0.25, 0.3) is 0 Å². The summed E-state index contributed by atoms with van der Waals surface area (Å²) in [6, 6.07) is 12.0. The van der Waals surface area contributed by atoms with Gasteiger partial charge in [-0.25, -0.2) is 0 Å². The first-order chi connectivity index (χ1) is 11.6. The second kappa shape index (κ2) is 8.11. The monoisotopic (exact) mass is 325 g/mol. The van der Waals surface area contributed by atoms with E-state index < -0.39 is 0 Å². The number of carbonyl (C=O) groups excluding carboxylic acids is 1. The van der Waals surface area contributed by atoms with Crippen molar-refractivity contribution >= 4 is 5.78 Å². The molecule has 0 N–H and O–H groups in total. The van der Waals surface area contributed by atoms with Crippen molar-refractivity contribution in [2.75, 3.05) is 0 Å². The lowest BCUT2D eigenvalue weighted by Crippen LogP contribution is -2.52. The normalized spacial score (nSPS) is 26.8. The summed E-state index contributed by atoms with van der Waals surface area (Å²) in [5.74, 6) is 0.807. The Morgan fingerprint density at radius 1 is 1.12 bits per heavy atom. The lowest BCUT2D eigenvalue weighted by atomic mass is 9.76. The predicted molar refractivity (Wildman–Crippen MR) is 99.8 cm³/mol. The van der Waals surface area contributed by atoms with Crippen molar-refractivity contribution in [1.82, 2.24) is 4.90 Å². The predicted octanol–water partition coefficient (Wildman–Crippen LogP) is 5.14. The van der Waals surface area contributed by atoms with Gasteiger partial charge < -0.3 is 0 Å².